The van der Waals surface area contributed by atoms with E-state index in [0.717, 1.165) is 0 Å². The second-order valence-electron chi connectivity index (χ2n) is 5.33. The smallest absolute Gasteiger partial charge is 0.412 e. The van der Waals surface area contributed by atoms with E-state index in [1.54, 1.807) is 26.8 Å². The van der Waals surface area contributed by atoms with E-state index in [1.807, 2.05) is 0 Å². The number of amides is 1. The minimum Gasteiger partial charge on any atom is -0.444 e. The van der Waals surface area contributed by atoms with Crippen molar-refractivity contribution in [2.24, 2.45) is 5.11 Å². The summed E-state index contributed by atoms with van der Waals surface area (Å²) in [6, 6.07) is 4.21. The van der Waals surface area contributed by atoms with Crippen molar-refractivity contribution < 1.29 is 13.9 Å². The third kappa shape index (κ3) is 6.64. The summed E-state index contributed by atoms with van der Waals surface area (Å²) in [5.74, 6) is 4.90. The number of ether oxygens (including phenoxy) is 1. The zero-order valence-corrected chi connectivity index (χ0v) is 12.7. The molecule has 116 valence electrons. The van der Waals surface area contributed by atoms with Crippen LogP contribution in [0.5, 0.6) is 0 Å². The molecule has 1 rings (SSSR count). The molecule has 0 aromatic heterocycles. The molecule has 0 fully saturated rings. The predicted octanol–water partition coefficient (Wildman–Crippen LogP) is 4.22. The van der Waals surface area contributed by atoms with Crippen LogP contribution in [-0.4, -0.2) is 18.2 Å². The van der Waals surface area contributed by atoms with E-state index in [2.05, 4.69) is 27.2 Å². The zero-order valence-electron chi connectivity index (χ0n) is 12.7. The number of nitrogens with one attached hydrogen (secondary N) is 1. The Morgan fingerprint density at radius 1 is 1.50 bits per heavy atom. The van der Waals surface area contributed by atoms with Crippen LogP contribution >= 0.6 is 0 Å². The maximum atomic E-state index is 13.9. The van der Waals surface area contributed by atoms with Crippen molar-refractivity contribution in [1.29, 1.82) is 0 Å². The molecule has 1 aromatic rings. The van der Waals surface area contributed by atoms with Crippen molar-refractivity contribution in [2.75, 3.05) is 11.9 Å². The molecule has 0 aliphatic carbocycles. The second kappa shape index (κ2) is 7.91. The van der Waals surface area contributed by atoms with E-state index in [-0.39, 0.29) is 12.2 Å². The van der Waals surface area contributed by atoms with Crippen molar-refractivity contribution in [3.63, 3.8) is 0 Å². The summed E-state index contributed by atoms with van der Waals surface area (Å²) in [5.41, 5.74) is 7.94. The molecule has 0 saturated heterocycles. The number of hydrogen-bond donors (Lipinski definition) is 1. The molecule has 0 aliphatic rings. The average Bonchev–Trinajstić information content (AvgIpc) is 2.39. The van der Waals surface area contributed by atoms with Gasteiger partial charge in [-0.05, 0) is 44.5 Å². The molecule has 0 spiro atoms. The minimum atomic E-state index is -0.723. The Bertz CT molecular complexity index is 650. The van der Waals surface area contributed by atoms with E-state index in [1.165, 1.54) is 12.1 Å². The van der Waals surface area contributed by atoms with Gasteiger partial charge in [-0.3, -0.25) is 5.32 Å². The zero-order chi connectivity index (χ0) is 16.6. The highest BCUT2D eigenvalue weighted by atomic mass is 19.1. The quantitative estimate of drug-likeness (QED) is 0.298. The maximum absolute atomic E-state index is 13.9. The van der Waals surface area contributed by atoms with Crippen molar-refractivity contribution in [3.8, 4) is 11.8 Å². The first-order chi connectivity index (χ1) is 10.3. The van der Waals surface area contributed by atoms with Crippen LogP contribution in [-0.2, 0) is 4.74 Å². The fourth-order valence-electron chi connectivity index (χ4n) is 1.42. The highest BCUT2D eigenvalue weighted by Crippen LogP contribution is 2.17. The normalized spacial score (nSPS) is 10.0. The van der Waals surface area contributed by atoms with Crippen LogP contribution < -0.4 is 5.32 Å². The number of carbonyl (C=O) groups is 1. The molecule has 0 atom stereocenters. The summed E-state index contributed by atoms with van der Waals surface area (Å²) in [6.45, 7) is 5.43. The molecule has 0 heterocycles. The molecule has 1 amide bonds. The van der Waals surface area contributed by atoms with Crippen LogP contribution in [0.3, 0.4) is 0 Å². The Hall–Kier alpha value is -2.71. The van der Waals surface area contributed by atoms with Gasteiger partial charge >= 0.3 is 6.09 Å². The number of nitrogens with zero attached hydrogens (tertiary/aromatic N) is 3. The SMILES string of the molecule is CC(C)(C)OC(=O)Nc1ccc(C#CCCN=[N+]=[N-])cc1F. The first-order valence-electron chi connectivity index (χ1n) is 6.61. The van der Waals surface area contributed by atoms with Crippen LogP contribution in [0.2, 0.25) is 0 Å². The summed E-state index contributed by atoms with van der Waals surface area (Å²) in [5, 5.41) is 5.68. The van der Waals surface area contributed by atoms with Crippen LogP contribution in [0.4, 0.5) is 14.9 Å². The maximum Gasteiger partial charge on any atom is 0.412 e. The topological polar surface area (TPSA) is 87.1 Å². The Morgan fingerprint density at radius 3 is 2.82 bits per heavy atom. The lowest BCUT2D eigenvalue weighted by Crippen LogP contribution is -2.27. The summed E-state index contributed by atoms with van der Waals surface area (Å²) in [6.07, 6.45) is -0.330. The molecule has 22 heavy (non-hydrogen) atoms. The van der Waals surface area contributed by atoms with Gasteiger partial charge in [-0.25, -0.2) is 9.18 Å². The molecule has 0 radical (unpaired) electrons. The van der Waals surface area contributed by atoms with Gasteiger partial charge < -0.3 is 4.74 Å². The van der Waals surface area contributed by atoms with E-state index < -0.39 is 17.5 Å². The highest BCUT2D eigenvalue weighted by Gasteiger charge is 2.17. The number of halogens is 1. The molecular formula is C15H17FN4O2. The van der Waals surface area contributed by atoms with Gasteiger partial charge in [-0.1, -0.05) is 17.0 Å². The monoisotopic (exact) mass is 304 g/mol. The lowest BCUT2D eigenvalue weighted by Gasteiger charge is -2.19. The number of benzene rings is 1. The van der Waals surface area contributed by atoms with Gasteiger partial charge in [0, 0.05) is 23.4 Å². The van der Waals surface area contributed by atoms with Gasteiger partial charge in [-0.2, -0.15) is 0 Å². The van der Waals surface area contributed by atoms with Crippen molar-refractivity contribution in [1.82, 2.24) is 0 Å². The lowest BCUT2D eigenvalue weighted by atomic mass is 10.2. The van der Waals surface area contributed by atoms with E-state index in [0.29, 0.717) is 12.0 Å². The molecule has 1 aromatic carbocycles. The van der Waals surface area contributed by atoms with E-state index >= 15 is 0 Å². The number of hydrogen-bond acceptors (Lipinski definition) is 3. The number of anilines is 1. The summed E-state index contributed by atoms with van der Waals surface area (Å²) in [4.78, 5) is 14.2. The minimum absolute atomic E-state index is 0.0221. The van der Waals surface area contributed by atoms with Gasteiger partial charge in [0.05, 0.1) is 5.69 Å². The predicted molar refractivity (Wildman–Crippen MR) is 81.8 cm³/mol. The molecule has 0 saturated carbocycles. The summed E-state index contributed by atoms with van der Waals surface area (Å²) < 4.78 is 18.9. The molecule has 0 unspecified atom stereocenters. The van der Waals surface area contributed by atoms with Crippen LogP contribution in [0.1, 0.15) is 32.8 Å². The van der Waals surface area contributed by atoms with Gasteiger partial charge in [0.2, 0.25) is 0 Å². The Balaban J connectivity index is 2.69. The van der Waals surface area contributed by atoms with Gasteiger partial charge in [0.25, 0.3) is 0 Å². The van der Waals surface area contributed by atoms with Crippen molar-refractivity contribution >= 4 is 11.8 Å². The van der Waals surface area contributed by atoms with E-state index in [9.17, 15) is 9.18 Å². The number of azide groups is 1. The molecular weight excluding hydrogens is 287 g/mol. The second-order valence-corrected chi connectivity index (χ2v) is 5.33. The first-order valence-corrected chi connectivity index (χ1v) is 6.61. The average molecular weight is 304 g/mol. The Kier molecular flexibility index (Phi) is 6.24. The third-order valence-corrected chi connectivity index (χ3v) is 2.24. The van der Waals surface area contributed by atoms with Crippen LogP contribution in [0.15, 0.2) is 23.3 Å². The number of carbonyl (C=O) groups excluding carboxylic acids is 1. The van der Waals surface area contributed by atoms with Crippen molar-refractivity contribution in [2.45, 2.75) is 32.8 Å². The van der Waals surface area contributed by atoms with Crippen molar-refractivity contribution in [3.05, 3.63) is 40.0 Å². The standard InChI is InChI=1S/C15H17FN4O2/c1-15(2,3)22-14(21)19-13-8-7-11(10-12(13)16)6-4-5-9-18-20-17/h7-8,10H,5,9H2,1-3H3,(H,19,21). The fraction of sp³-hybridized carbons (Fsp3) is 0.400. The van der Waals surface area contributed by atoms with Gasteiger partial charge in [0.15, 0.2) is 0 Å². The van der Waals surface area contributed by atoms with E-state index in [4.69, 9.17) is 10.3 Å². The molecule has 6 nitrogen and oxygen atoms in total. The molecule has 0 aliphatic heterocycles. The lowest BCUT2D eigenvalue weighted by molar-refractivity contribution is 0.0635. The van der Waals surface area contributed by atoms with Crippen LogP contribution in [0.25, 0.3) is 10.4 Å². The largest absolute Gasteiger partial charge is 0.444 e. The summed E-state index contributed by atoms with van der Waals surface area (Å²) >= 11 is 0. The summed E-state index contributed by atoms with van der Waals surface area (Å²) in [7, 11) is 0. The molecule has 0 bridgehead atoms. The molecule has 1 N–H and O–H groups in total. The number of rotatable bonds is 3. The first kappa shape index (κ1) is 17.3. The third-order valence-electron chi connectivity index (χ3n) is 2.24. The highest BCUT2D eigenvalue weighted by molar-refractivity contribution is 5.85. The van der Waals surface area contributed by atoms with Gasteiger partial charge in [-0.15, -0.1) is 0 Å². The van der Waals surface area contributed by atoms with Gasteiger partial charge in [0.1, 0.15) is 11.4 Å². The Morgan fingerprint density at radius 2 is 2.23 bits per heavy atom. The Labute approximate surface area is 128 Å². The van der Waals surface area contributed by atoms with Crippen LogP contribution in [0, 0.1) is 17.7 Å². The fourth-order valence-corrected chi connectivity index (χ4v) is 1.42. The molecule has 7 heteroatoms.